The highest BCUT2D eigenvalue weighted by Gasteiger charge is 2.30. The number of carbonyl (C=O) groups is 3. The van der Waals surface area contributed by atoms with Crippen LogP contribution in [0.2, 0.25) is 10.0 Å². The quantitative estimate of drug-likeness (QED) is 0.622. The van der Waals surface area contributed by atoms with Gasteiger partial charge in [-0.2, -0.15) is 0 Å². The van der Waals surface area contributed by atoms with Crippen molar-refractivity contribution in [2.45, 2.75) is 25.9 Å². The van der Waals surface area contributed by atoms with E-state index in [0.29, 0.717) is 42.3 Å². The van der Waals surface area contributed by atoms with E-state index in [1.807, 2.05) is 30.3 Å². The van der Waals surface area contributed by atoms with E-state index in [-0.39, 0.29) is 17.0 Å². The molecule has 0 bridgehead atoms. The number of likely N-dealkylation sites (tertiary alicyclic amines) is 1. The number of anilines is 2. The van der Waals surface area contributed by atoms with Crippen molar-refractivity contribution < 1.29 is 19.1 Å². The van der Waals surface area contributed by atoms with Crippen molar-refractivity contribution in [3.8, 4) is 0 Å². The average Bonchev–Trinajstić information content (AvgIpc) is 2.77. The number of urea groups is 1. The Balaban J connectivity index is 1.46. The van der Waals surface area contributed by atoms with E-state index >= 15 is 0 Å². The molecule has 3 amide bonds. The van der Waals surface area contributed by atoms with E-state index in [4.69, 9.17) is 27.9 Å². The minimum absolute atomic E-state index is 0.204. The number of nitrogens with zero attached hydrogens (tertiary/aromatic N) is 1. The fourth-order valence-corrected chi connectivity index (χ4v) is 3.55. The summed E-state index contributed by atoms with van der Waals surface area (Å²) < 4.78 is 5.34. The van der Waals surface area contributed by atoms with E-state index in [0.717, 1.165) is 0 Å². The summed E-state index contributed by atoms with van der Waals surface area (Å²) in [5, 5.41) is 5.97. The van der Waals surface area contributed by atoms with Gasteiger partial charge in [-0.25, -0.2) is 4.79 Å². The lowest BCUT2D eigenvalue weighted by atomic mass is 9.97. The number of nitrogens with one attached hydrogen (secondary N) is 2. The summed E-state index contributed by atoms with van der Waals surface area (Å²) in [5.41, 5.74) is 1.06. The van der Waals surface area contributed by atoms with E-state index in [9.17, 15) is 14.4 Å². The number of halogens is 2. The lowest BCUT2D eigenvalue weighted by Gasteiger charge is -2.31. The first-order valence-corrected chi connectivity index (χ1v) is 10.7. The van der Waals surface area contributed by atoms with Gasteiger partial charge < -0.3 is 20.3 Å². The Kier molecular flexibility index (Phi) is 7.76. The molecule has 1 aliphatic heterocycles. The summed E-state index contributed by atoms with van der Waals surface area (Å²) >= 11 is 12.0. The maximum atomic E-state index is 12.5. The second-order valence-corrected chi connectivity index (χ2v) is 8.01. The van der Waals surface area contributed by atoms with E-state index < -0.39 is 18.0 Å². The highest BCUT2D eigenvalue weighted by Crippen LogP contribution is 2.29. The number of carbonyl (C=O) groups excluding carboxylic acids is 3. The van der Waals surface area contributed by atoms with Crippen LogP contribution in [0.5, 0.6) is 0 Å². The number of piperidine rings is 1. The number of hydrogen-bond acceptors (Lipinski definition) is 4. The molecule has 164 valence electrons. The third-order valence-electron chi connectivity index (χ3n) is 5.01. The van der Waals surface area contributed by atoms with Crippen LogP contribution in [0, 0.1) is 5.92 Å². The Morgan fingerprint density at radius 2 is 1.68 bits per heavy atom. The maximum Gasteiger partial charge on any atom is 0.321 e. The predicted octanol–water partition coefficient (Wildman–Crippen LogP) is 4.81. The molecule has 2 aromatic carbocycles. The maximum absolute atomic E-state index is 12.5. The molecule has 0 saturated carbocycles. The molecule has 1 heterocycles. The molecule has 2 aromatic rings. The van der Waals surface area contributed by atoms with Gasteiger partial charge >= 0.3 is 12.0 Å². The van der Waals surface area contributed by atoms with Crippen LogP contribution in [0.1, 0.15) is 19.8 Å². The molecule has 1 unspecified atom stereocenters. The minimum Gasteiger partial charge on any atom is -0.452 e. The van der Waals surface area contributed by atoms with Crippen LogP contribution >= 0.6 is 23.2 Å². The number of hydrogen-bond donors (Lipinski definition) is 2. The second kappa shape index (κ2) is 10.5. The van der Waals surface area contributed by atoms with Gasteiger partial charge in [0.15, 0.2) is 6.10 Å². The molecular weight excluding hydrogens is 441 g/mol. The van der Waals surface area contributed by atoms with Crippen molar-refractivity contribution in [1.29, 1.82) is 0 Å². The van der Waals surface area contributed by atoms with Crippen LogP contribution in [0.3, 0.4) is 0 Å². The van der Waals surface area contributed by atoms with E-state index in [2.05, 4.69) is 10.6 Å². The molecule has 9 heteroatoms. The summed E-state index contributed by atoms with van der Waals surface area (Å²) in [5.74, 6) is -1.33. The van der Waals surface area contributed by atoms with Crippen molar-refractivity contribution in [3.63, 3.8) is 0 Å². The number of rotatable bonds is 5. The number of esters is 1. The fraction of sp³-hybridized carbons (Fsp3) is 0.318. The van der Waals surface area contributed by atoms with Crippen molar-refractivity contribution in [1.82, 2.24) is 4.90 Å². The first kappa shape index (κ1) is 22.9. The van der Waals surface area contributed by atoms with Gasteiger partial charge in [0.1, 0.15) is 0 Å². The van der Waals surface area contributed by atoms with Crippen LogP contribution in [-0.2, 0) is 14.3 Å². The van der Waals surface area contributed by atoms with Crippen molar-refractivity contribution in [3.05, 3.63) is 58.6 Å². The lowest BCUT2D eigenvalue weighted by Crippen LogP contribution is -2.43. The number of para-hydroxylation sites is 1. The molecule has 2 N–H and O–H groups in total. The standard InChI is InChI=1S/C22H23Cl2N3O4/c1-14(20(28)26-18-9-5-8-17(23)19(18)24)31-21(29)15-10-12-27(13-11-15)22(30)25-16-6-3-2-4-7-16/h2-9,14-15H,10-13H2,1H3,(H,25,30)(H,26,28). The van der Waals surface area contributed by atoms with Crippen molar-refractivity contribution >= 4 is 52.5 Å². The smallest absolute Gasteiger partial charge is 0.321 e. The monoisotopic (exact) mass is 463 g/mol. The van der Waals surface area contributed by atoms with Crippen molar-refractivity contribution in [2.24, 2.45) is 5.92 Å². The van der Waals surface area contributed by atoms with E-state index in [1.54, 1.807) is 23.1 Å². The zero-order valence-corrected chi connectivity index (χ0v) is 18.4. The number of amides is 3. The van der Waals surface area contributed by atoms with Crippen LogP contribution in [0.25, 0.3) is 0 Å². The molecule has 0 spiro atoms. The zero-order valence-electron chi connectivity index (χ0n) is 16.9. The molecule has 1 saturated heterocycles. The first-order valence-electron chi connectivity index (χ1n) is 9.91. The van der Waals surface area contributed by atoms with Gasteiger partial charge in [-0.05, 0) is 44.0 Å². The normalized spacial score (nSPS) is 15.1. The highest BCUT2D eigenvalue weighted by molar-refractivity contribution is 6.44. The highest BCUT2D eigenvalue weighted by atomic mass is 35.5. The van der Waals surface area contributed by atoms with Crippen molar-refractivity contribution in [2.75, 3.05) is 23.7 Å². The summed E-state index contributed by atoms with van der Waals surface area (Å²) in [6.45, 7) is 2.35. The van der Waals surface area contributed by atoms with Crippen LogP contribution in [0.15, 0.2) is 48.5 Å². The van der Waals surface area contributed by atoms with Gasteiger partial charge in [0, 0.05) is 18.8 Å². The molecule has 0 aromatic heterocycles. The zero-order chi connectivity index (χ0) is 22.4. The third-order valence-corrected chi connectivity index (χ3v) is 5.83. The second-order valence-electron chi connectivity index (χ2n) is 7.23. The molecule has 7 nitrogen and oxygen atoms in total. The largest absolute Gasteiger partial charge is 0.452 e. The summed E-state index contributed by atoms with van der Waals surface area (Å²) in [4.78, 5) is 38.9. The van der Waals surface area contributed by atoms with Gasteiger partial charge in [0.25, 0.3) is 5.91 Å². The fourth-order valence-electron chi connectivity index (χ4n) is 3.20. The predicted molar refractivity (Wildman–Crippen MR) is 120 cm³/mol. The average molecular weight is 464 g/mol. The van der Waals surface area contributed by atoms with Gasteiger partial charge in [-0.15, -0.1) is 0 Å². The molecule has 0 radical (unpaired) electrons. The minimum atomic E-state index is -0.998. The first-order chi connectivity index (χ1) is 14.8. The molecule has 3 rings (SSSR count). The molecular formula is C22H23Cl2N3O4. The SMILES string of the molecule is CC(OC(=O)C1CCN(C(=O)Nc2ccccc2)CC1)C(=O)Nc1cccc(Cl)c1Cl. The Morgan fingerprint density at radius 1 is 1.00 bits per heavy atom. The van der Waals surface area contributed by atoms with E-state index in [1.165, 1.54) is 6.92 Å². The topological polar surface area (TPSA) is 87.7 Å². The number of ether oxygens (including phenoxy) is 1. The third kappa shape index (κ3) is 6.12. The Labute approximate surface area is 190 Å². The van der Waals surface area contributed by atoms with Gasteiger partial charge in [-0.3, -0.25) is 9.59 Å². The Bertz CT molecular complexity index is 947. The molecule has 1 atom stereocenters. The van der Waals surface area contributed by atoms with Gasteiger partial charge in [-0.1, -0.05) is 47.5 Å². The molecule has 1 fully saturated rings. The lowest BCUT2D eigenvalue weighted by molar-refractivity contribution is -0.158. The van der Waals surface area contributed by atoms with Crippen LogP contribution < -0.4 is 10.6 Å². The Morgan fingerprint density at radius 3 is 2.35 bits per heavy atom. The van der Waals surface area contributed by atoms with Crippen LogP contribution in [0.4, 0.5) is 16.2 Å². The molecule has 1 aliphatic rings. The van der Waals surface area contributed by atoms with Crippen LogP contribution in [-0.4, -0.2) is 42.0 Å². The number of benzene rings is 2. The summed E-state index contributed by atoms with van der Waals surface area (Å²) in [6, 6.07) is 13.8. The summed E-state index contributed by atoms with van der Waals surface area (Å²) in [6.07, 6.45) is -0.0627. The Hall–Kier alpha value is -2.77. The summed E-state index contributed by atoms with van der Waals surface area (Å²) in [7, 11) is 0. The molecule has 31 heavy (non-hydrogen) atoms. The molecule has 0 aliphatic carbocycles. The van der Waals surface area contributed by atoms with Gasteiger partial charge in [0.05, 0.1) is 21.7 Å². The van der Waals surface area contributed by atoms with Gasteiger partial charge in [0.2, 0.25) is 0 Å².